The lowest BCUT2D eigenvalue weighted by molar-refractivity contribution is 0.611. The van der Waals surface area contributed by atoms with Crippen LogP contribution in [-0.2, 0) is 0 Å². The lowest BCUT2D eigenvalue weighted by atomic mass is 10.0. The Kier molecular flexibility index (Phi) is 3.19. The van der Waals surface area contributed by atoms with Crippen molar-refractivity contribution in [1.29, 1.82) is 0 Å². The maximum atomic E-state index is 13.2. The largest absolute Gasteiger partial charge is 0.324 e. The summed E-state index contributed by atoms with van der Waals surface area (Å²) >= 11 is 0. The second-order valence-electron chi connectivity index (χ2n) is 5.60. The molecule has 0 fully saturated rings. The third kappa shape index (κ3) is 2.50. The number of halogens is 1. The molecule has 0 amide bonds. The minimum atomic E-state index is -0.247. The van der Waals surface area contributed by atoms with E-state index in [9.17, 15) is 4.39 Å². The van der Waals surface area contributed by atoms with E-state index < -0.39 is 0 Å². The van der Waals surface area contributed by atoms with Gasteiger partial charge in [0.2, 0.25) is 5.95 Å². The van der Waals surface area contributed by atoms with E-state index in [1.807, 2.05) is 10.7 Å². The number of anilines is 1. The van der Waals surface area contributed by atoms with Gasteiger partial charge in [0.05, 0.1) is 0 Å². The predicted octanol–water partition coefficient (Wildman–Crippen LogP) is 3.78. The van der Waals surface area contributed by atoms with Crippen LogP contribution >= 0.6 is 0 Å². The van der Waals surface area contributed by atoms with Gasteiger partial charge < -0.3 is 5.32 Å². The molecule has 0 bridgehead atoms. The maximum Gasteiger partial charge on any atom is 0.226 e. The highest BCUT2D eigenvalue weighted by molar-refractivity contribution is 5.77. The molecule has 1 N–H and O–H groups in total. The van der Waals surface area contributed by atoms with Gasteiger partial charge in [0.1, 0.15) is 18.2 Å². The van der Waals surface area contributed by atoms with Crippen molar-refractivity contribution in [3.8, 4) is 0 Å². The molecule has 4 rings (SSSR count). The number of nitrogens with zero attached hydrogens (tertiary/aromatic N) is 3. The molecule has 0 radical (unpaired) electrons. The van der Waals surface area contributed by atoms with Gasteiger partial charge in [0.25, 0.3) is 0 Å². The molecule has 0 aliphatic carbocycles. The van der Waals surface area contributed by atoms with Crippen molar-refractivity contribution in [2.75, 3.05) is 5.32 Å². The molecule has 3 aromatic rings. The molecule has 114 valence electrons. The summed E-state index contributed by atoms with van der Waals surface area (Å²) < 4.78 is 15.0. The molecule has 1 aliphatic heterocycles. The van der Waals surface area contributed by atoms with Crippen molar-refractivity contribution in [2.45, 2.75) is 13.0 Å². The first-order valence-electron chi connectivity index (χ1n) is 7.41. The van der Waals surface area contributed by atoms with Gasteiger partial charge in [0.15, 0.2) is 0 Å². The minimum absolute atomic E-state index is 0.0475. The van der Waals surface area contributed by atoms with Gasteiger partial charge in [-0.2, -0.15) is 10.1 Å². The number of hydrogen-bond acceptors (Lipinski definition) is 3. The molecule has 0 spiro atoms. The second kappa shape index (κ2) is 5.35. The van der Waals surface area contributed by atoms with Crippen LogP contribution < -0.4 is 5.32 Å². The monoisotopic (exact) mass is 306 g/mol. The molecule has 5 heteroatoms. The van der Waals surface area contributed by atoms with Gasteiger partial charge in [0, 0.05) is 5.70 Å². The van der Waals surface area contributed by atoms with Crippen LogP contribution in [0.4, 0.5) is 10.3 Å². The van der Waals surface area contributed by atoms with Crippen molar-refractivity contribution in [1.82, 2.24) is 14.8 Å². The van der Waals surface area contributed by atoms with Crippen LogP contribution in [0.3, 0.4) is 0 Å². The lowest BCUT2D eigenvalue weighted by Crippen LogP contribution is -2.20. The molecule has 1 unspecified atom stereocenters. The molecule has 0 saturated heterocycles. The summed E-state index contributed by atoms with van der Waals surface area (Å²) in [6.07, 6.45) is 3.62. The smallest absolute Gasteiger partial charge is 0.226 e. The Balaban J connectivity index is 1.81. The first-order chi connectivity index (χ1) is 11.2. The summed E-state index contributed by atoms with van der Waals surface area (Å²) in [4.78, 5) is 4.27. The zero-order chi connectivity index (χ0) is 15.8. The molecule has 2 heterocycles. The Morgan fingerprint density at radius 2 is 1.96 bits per heavy atom. The van der Waals surface area contributed by atoms with Crippen LogP contribution in [0.5, 0.6) is 0 Å². The number of benzene rings is 2. The van der Waals surface area contributed by atoms with Crippen molar-refractivity contribution >= 4 is 11.6 Å². The van der Waals surface area contributed by atoms with Crippen LogP contribution in [0.2, 0.25) is 0 Å². The molecule has 1 aromatic heterocycles. The number of hydrogen-bond donors (Lipinski definition) is 1. The zero-order valence-corrected chi connectivity index (χ0v) is 12.6. The van der Waals surface area contributed by atoms with Crippen molar-refractivity contribution in [2.24, 2.45) is 0 Å². The second-order valence-corrected chi connectivity index (χ2v) is 5.60. The highest BCUT2D eigenvalue weighted by atomic mass is 19.1. The summed E-state index contributed by atoms with van der Waals surface area (Å²) in [6.45, 7) is 2.07. The van der Waals surface area contributed by atoms with E-state index in [1.54, 1.807) is 12.1 Å². The van der Waals surface area contributed by atoms with Crippen LogP contribution in [0.25, 0.3) is 5.70 Å². The average Bonchev–Trinajstić information content (AvgIpc) is 3.03. The Hall–Kier alpha value is -2.95. The fraction of sp³-hybridized carbons (Fsp3) is 0.111. The molecule has 1 aliphatic rings. The van der Waals surface area contributed by atoms with Gasteiger partial charge in [-0.3, -0.25) is 0 Å². The van der Waals surface area contributed by atoms with Crippen molar-refractivity contribution in [3.05, 3.63) is 83.4 Å². The number of allylic oxidation sites excluding steroid dienone is 1. The highest BCUT2D eigenvalue weighted by Gasteiger charge is 2.23. The van der Waals surface area contributed by atoms with E-state index >= 15 is 0 Å². The minimum Gasteiger partial charge on any atom is -0.324 e. The number of aromatic nitrogens is 3. The van der Waals surface area contributed by atoms with Crippen LogP contribution in [0.1, 0.15) is 22.7 Å². The molecular weight excluding hydrogens is 291 g/mol. The van der Waals surface area contributed by atoms with Gasteiger partial charge >= 0.3 is 0 Å². The number of fused-ring (bicyclic) bond motifs is 1. The van der Waals surface area contributed by atoms with Crippen LogP contribution in [0, 0.1) is 12.7 Å². The average molecular weight is 306 g/mol. The summed E-state index contributed by atoms with van der Waals surface area (Å²) in [6, 6.07) is 14.7. The predicted molar refractivity (Wildman–Crippen MR) is 87.3 cm³/mol. The number of rotatable bonds is 2. The summed E-state index contributed by atoms with van der Waals surface area (Å²) in [5, 5.41) is 7.58. The van der Waals surface area contributed by atoms with Gasteiger partial charge in [-0.05, 0) is 48.4 Å². The fourth-order valence-corrected chi connectivity index (χ4v) is 2.82. The van der Waals surface area contributed by atoms with Gasteiger partial charge in [-0.1, -0.05) is 29.8 Å². The maximum absolute atomic E-state index is 13.2. The van der Waals surface area contributed by atoms with E-state index in [2.05, 4.69) is 46.6 Å². The topological polar surface area (TPSA) is 42.7 Å². The molecule has 4 nitrogen and oxygen atoms in total. The van der Waals surface area contributed by atoms with E-state index in [4.69, 9.17) is 0 Å². The van der Waals surface area contributed by atoms with Crippen LogP contribution in [0.15, 0.2) is 60.9 Å². The number of aryl methyl sites for hydroxylation is 1. The third-order valence-corrected chi connectivity index (χ3v) is 3.95. The SMILES string of the molecule is Cc1cccc(C2C=C(c3ccc(F)cc3)Nc3ncnn32)c1. The zero-order valence-electron chi connectivity index (χ0n) is 12.6. The molecule has 2 aromatic carbocycles. The van der Waals surface area contributed by atoms with Gasteiger partial charge in [-0.15, -0.1) is 0 Å². The summed E-state index contributed by atoms with van der Waals surface area (Å²) in [5.41, 5.74) is 4.15. The van der Waals surface area contributed by atoms with Crippen LogP contribution in [-0.4, -0.2) is 14.8 Å². The summed E-state index contributed by atoms with van der Waals surface area (Å²) in [7, 11) is 0. The normalized spacial score (nSPS) is 16.4. The summed E-state index contributed by atoms with van der Waals surface area (Å²) in [5.74, 6) is 0.432. The molecule has 0 saturated carbocycles. The van der Waals surface area contributed by atoms with E-state index in [0.29, 0.717) is 5.95 Å². The Morgan fingerprint density at radius 1 is 1.13 bits per heavy atom. The standard InChI is InChI=1S/C18H15FN4/c1-12-3-2-4-14(9-12)17-10-16(13-5-7-15(19)8-6-13)22-18-20-11-21-23(17)18/h2-11,17H,1H3,(H,20,21,22). The van der Waals surface area contributed by atoms with E-state index in [-0.39, 0.29) is 11.9 Å². The third-order valence-electron chi connectivity index (χ3n) is 3.95. The van der Waals surface area contributed by atoms with E-state index in [0.717, 1.165) is 16.8 Å². The quantitative estimate of drug-likeness (QED) is 0.783. The van der Waals surface area contributed by atoms with Crippen molar-refractivity contribution < 1.29 is 4.39 Å². The van der Waals surface area contributed by atoms with Gasteiger partial charge in [-0.25, -0.2) is 9.07 Å². The molecular formula is C18H15FN4. The van der Waals surface area contributed by atoms with E-state index in [1.165, 1.54) is 24.0 Å². The highest BCUT2D eigenvalue weighted by Crippen LogP contribution is 2.32. The first kappa shape index (κ1) is 13.7. The molecule has 1 atom stereocenters. The Morgan fingerprint density at radius 3 is 2.74 bits per heavy atom. The molecule has 23 heavy (non-hydrogen) atoms. The Bertz CT molecular complexity index is 880. The number of nitrogens with one attached hydrogen (secondary N) is 1. The van der Waals surface area contributed by atoms with Crippen molar-refractivity contribution in [3.63, 3.8) is 0 Å². The Labute approximate surface area is 133 Å². The lowest BCUT2D eigenvalue weighted by Gasteiger charge is -2.24. The fourth-order valence-electron chi connectivity index (χ4n) is 2.82. The first-order valence-corrected chi connectivity index (χ1v) is 7.41.